The van der Waals surface area contributed by atoms with Gasteiger partial charge in [-0.25, -0.2) is 4.79 Å². The molecule has 2 heterocycles. The Morgan fingerprint density at radius 2 is 1.95 bits per heavy atom. The topological polar surface area (TPSA) is 67.5 Å². The number of hydrogen-bond donors (Lipinski definition) is 1. The van der Waals surface area contributed by atoms with E-state index in [-0.39, 0.29) is 5.56 Å². The summed E-state index contributed by atoms with van der Waals surface area (Å²) in [6, 6.07) is 11.8. The van der Waals surface area contributed by atoms with Gasteiger partial charge in [-0.05, 0) is 24.3 Å². The molecule has 0 bridgehead atoms. The number of aromatic carboxylic acids is 1. The Bertz CT molecular complexity index is 782. The maximum Gasteiger partial charge on any atom is 0.335 e. The first-order valence-corrected chi connectivity index (χ1v) is 5.88. The quantitative estimate of drug-likeness (QED) is 0.729. The first kappa shape index (κ1) is 11.7. The van der Waals surface area contributed by atoms with Gasteiger partial charge in [-0.15, -0.1) is 10.2 Å². The third-order valence-electron chi connectivity index (χ3n) is 2.75. The molecular formula is C13H8ClN3O2. The van der Waals surface area contributed by atoms with Crippen LogP contribution < -0.4 is 0 Å². The second-order valence-electron chi connectivity index (χ2n) is 3.95. The molecule has 3 aromatic rings. The fraction of sp³-hybridized carbons (Fsp3) is 0. The van der Waals surface area contributed by atoms with E-state index in [0.717, 1.165) is 0 Å². The van der Waals surface area contributed by atoms with Crippen LogP contribution in [0, 0.1) is 0 Å². The SMILES string of the molecule is O=C(O)c1cccc(-c2nnc3cccc(Cl)n23)c1. The molecule has 6 heteroatoms. The van der Waals surface area contributed by atoms with Crippen molar-refractivity contribution in [2.45, 2.75) is 0 Å². The smallest absolute Gasteiger partial charge is 0.335 e. The molecular weight excluding hydrogens is 266 g/mol. The number of pyridine rings is 1. The van der Waals surface area contributed by atoms with Gasteiger partial charge in [0.05, 0.1) is 5.56 Å². The summed E-state index contributed by atoms with van der Waals surface area (Å²) in [5.74, 6) is -0.467. The number of nitrogens with zero attached hydrogens (tertiary/aromatic N) is 3. The van der Waals surface area contributed by atoms with E-state index in [1.807, 2.05) is 0 Å². The lowest BCUT2D eigenvalue weighted by atomic mass is 10.1. The zero-order valence-electron chi connectivity index (χ0n) is 9.62. The zero-order chi connectivity index (χ0) is 13.4. The van der Waals surface area contributed by atoms with E-state index in [2.05, 4.69) is 10.2 Å². The molecule has 0 unspecified atom stereocenters. The summed E-state index contributed by atoms with van der Waals surface area (Å²) in [6.07, 6.45) is 0. The van der Waals surface area contributed by atoms with Crippen LogP contribution >= 0.6 is 11.6 Å². The van der Waals surface area contributed by atoms with Crippen molar-refractivity contribution in [2.75, 3.05) is 0 Å². The van der Waals surface area contributed by atoms with Gasteiger partial charge in [-0.2, -0.15) is 0 Å². The Hall–Kier alpha value is -2.40. The molecule has 5 nitrogen and oxygen atoms in total. The molecule has 0 spiro atoms. The average molecular weight is 274 g/mol. The number of aromatic nitrogens is 3. The highest BCUT2D eigenvalue weighted by Gasteiger charge is 2.12. The predicted molar refractivity (Wildman–Crippen MR) is 70.4 cm³/mol. The van der Waals surface area contributed by atoms with Gasteiger partial charge in [0.25, 0.3) is 0 Å². The Morgan fingerprint density at radius 3 is 2.74 bits per heavy atom. The van der Waals surface area contributed by atoms with Gasteiger partial charge < -0.3 is 5.11 Å². The Labute approximate surface area is 113 Å². The zero-order valence-corrected chi connectivity index (χ0v) is 10.4. The number of carboxylic acid groups (broad SMARTS) is 1. The molecule has 2 aromatic heterocycles. The number of halogens is 1. The molecule has 0 aliphatic rings. The van der Waals surface area contributed by atoms with Crippen LogP contribution in [0.15, 0.2) is 42.5 Å². The standard InChI is InChI=1S/C13H8ClN3O2/c14-10-5-2-6-11-15-16-12(17(10)11)8-3-1-4-9(7-8)13(18)19/h1-7H,(H,18,19). The number of rotatable bonds is 2. The first-order chi connectivity index (χ1) is 9.16. The fourth-order valence-electron chi connectivity index (χ4n) is 1.88. The van der Waals surface area contributed by atoms with Crippen LogP contribution in [0.2, 0.25) is 5.15 Å². The Morgan fingerprint density at radius 1 is 1.16 bits per heavy atom. The monoisotopic (exact) mass is 273 g/mol. The van der Waals surface area contributed by atoms with Crippen molar-refractivity contribution in [3.63, 3.8) is 0 Å². The van der Waals surface area contributed by atoms with Crippen LogP contribution in [-0.4, -0.2) is 25.7 Å². The second-order valence-corrected chi connectivity index (χ2v) is 4.34. The molecule has 19 heavy (non-hydrogen) atoms. The lowest BCUT2D eigenvalue weighted by Gasteiger charge is -2.03. The van der Waals surface area contributed by atoms with Crippen LogP contribution in [0.1, 0.15) is 10.4 Å². The molecule has 1 N–H and O–H groups in total. The van der Waals surface area contributed by atoms with E-state index < -0.39 is 5.97 Å². The molecule has 0 saturated heterocycles. The normalized spacial score (nSPS) is 10.8. The number of fused-ring (bicyclic) bond motifs is 1. The maximum absolute atomic E-state index is 11.0. The summed E-state index contributed by atoms with van der Waals surface area (Å²) in [6.45, 7) is 0. The number of hydrogen-bond acceptors (Lipinski definition) is 3. The van der Waals surface area contributed by atoms with E-state index in [1.165, 1.54) is 6.07 Å². The van der Waals surface area contributed by atoms with Crippen molar-refractivity contribution in [1.82, 2.24) is 14.6 Å². The molecule has 3 rings (SSSR count). The van der Waals surface area contributed by atoms with Crippen LogP contribution in [0.5, 0.6) is 0 Å². The molecule has 0 amide bonds. The summed E-state index contributed by atoms with van der Waals surface area (Å²) in [4.78, 5) is 11.0. The van der Waals surface area contributed by atoms with Crippen LogP contribution in [0.25, 0.3) is 17.0 Å². The molecule has 0 fully saturated rings. The highest BCUT2D eigenvalue weighted by Crippen LogP contribution is 2.23. The number of benzene rings is 1. The molecule has 0 saturated carbocycles. The summed E-state index contributed by atoms with van der Waals surface area (Å²) in [7, 11) is 0. The minimum Gasteiger partial charge on any atom is -0.478 e. The summed E-state index contributed by atoms with van der Waals surface area (Å²) < 4.78 is 1.67. The van der Waals surface area contributed by atoms with E-state index in [1.54, 1.807) is 40.8 Å². The molecule has 1 aromatic carbocycles. The van der Waals surface area contributed by atoms with Crippen molar-refractivity contribution in [3.05, 3.63) is 53.2 Å². The van der Waals surface area contributed by atoms with Crippen molar-refractivity contribution in [2.24, 2.45) is 0 Å². The lowest BCUT2D eigenvalue weighted by molar-refractivity contribution is 0.0697. The van der Waals surface area contributed by atoms with Gasteiger partial charge in [0.1, 0.15) is 5.15 Å². The summed E-state index contributed by atoms with van der Waals surface area (Å²) >= 11 is 6.12. The summed E-state index contributed by atoms with van der Waals surface area (Å²) in [5.41, 5.74) is 1.46. The van der Waals surface area contributed by atoms with Gasteiger partial charge in [-0.1, -0.05) is 29.8 Å². The van der Waals surface area contributed by atoms with E-state index in [9.17, 15) is 4.79 Å². The van der Waals surface area contributed by atoms with Gasteiger partial charge in [0.2, 0.25) is 0 Å². The second kappa shape index (κ2) is 4.37. The Kier molecular flexibility index (Phi) is 2.68. The van der Waals surface area contributed by atoms with Crippen molar-refractivity contribution >= 4 is 23.2 Å². The number of carbonyl (C=O) groups is 1. The van der Waals surface area contributed by atoms with Gasteiger partial charge in [0, 0.05) is 5.56 Å². The summed E-state index contributed by atoms with van der Waals surface area (Å²) in [5, 5.41) is 17.6. The molecule has 94 valence electrons. The third-order valence-corrected chi connectivity index (χ3v) is 3.04. The van der Waals surface area contributed by atoms with E-state index >= 15 is 0 Å². The van der Waals surface area contributed by atoms with Crippen LogP contribution in [-0.2, 0) is 0 Å². The first-order valence-electron chi connectivity index (χ1n) is 5.50. The van der Waals surface area contributed by atoms with Gasteiger partial charge in [0.15, 0.2) is 11.5 Å². The lowest BCUT2D eigenvalue weighted by Crippen LogP contribution is -1.97. The van der Waals surface area contributed by atoms with E-state index in [4.69, 9.17) is 16.7 Å². The minimum absolute atomic E-state index is 0.196. The van der Waals surface area contributed by atoms with Gasteiger partial charge in [-0.3, -0.25) is 4.40 Å². The van der Waals surface area contributed by atoms with Gasteiger partial charge >= 0.3 is 5.97 Å². The third kappa shape index (κ3) is 1.94. The highest BCUT2D eigenvalue weighted by atomic mass is 35.5. The van der Waals surface area contributed by atoms with Crippen molar-refractivity contribution in [1.29, 1.82) is 0 Å². The average Bonchev–Trinajstić information content (AvgIpc) is 2.84. The Balaban J connectivity index is 2.25. The predicted octanol–water partition coefficient (Wildman–Crippen LogP) is 2.75. The fourth-order valence-corrected chi connectivity index (χ4v) is 2.12. The molecule has 0 aliphatic heterocycles. The van der Waals surface area contributed by atoms with Crippen LogP contribution in [0.3, 0.4) is 0 Å². The highest BCUT2D eigenvalue weighted by molar-refractivity contribution is 6.29. The van der Waals surface area contributed by atoms with Crippen molar-refractivity contribution in [3.8, 4) is 11.4 Å². The van der Waals surface area contributed by atoms with Crippen molar-refractivity contribution < 1.29 is 9.90 Å². The molecule has 0 aliphatic carbocycles. The van der Waals surface area contributed by atoms with Crippen LogP contribution in [0.4, 0.5) is 0 Å². The number of carboxylic acids is 1. The largest absolute Gasteiger partial charge is 0.478 e. The van der Waals surface area contributed by atoms with E-state index in [0.29, 0.717) is 22.2 Å². The molecule has 0 atom stereocenters. The minimum atomic E-state index is -0.984. The molecule has 0 radical (unpaired) electrons. The maximum atomic E-state index is 11.0.